The van der Waals surface area contributed by atoms with E-state index in [1.807, 2.05) is 17.6 Å². The molecule has 0 radical (unpaired) electrons. The van der Waals surface area contributed by atoms with E-state index in [9.17, 15) is 4.79 Å². The van der Waals surface area contributed by atoms with Gasteiger partial charge in [0, 0.05) is 10.6 Å². The molecule has 1 rings (SSSR count). The molecular weight excluding hydrogens is 314 g/mol. The third kappa shape index (κ3) is 5.93. The minimum Gasteiger partial charge on any atom is -0.499 e. The fraction of sp³-hybridized carbons (Fsp3) is 0.333. The summed E-state index contributed by atoms with van der Waals surface area (Å²) in [5.41, 5.74) is 3.79. The Kier molecular flexibility index (Phi) is 8.81. The number of nitrogens with two attached hydrogens (primary N) is 2. The highest BCUT2D eigenvalue weighted by molar-refractivity contribution is 7.99. The van der Waals surface area contributed by atoms with Gasteiger partial charge in [0.25, 0.3) is 0 Å². The number of carbonyl (C=O) groups excluding carboxylic acids is 1. The van der Waals surface area contributed by atoms with Crippen molar-refractivity contribution in [1.29, 1.82) is 0 Å². The molecule has 0 spiro atoms. The predicted octanol–water partition coefficient (Wildman–Crippen LogP) is 2.18. The maximum Gasteiger partial charge on any atom is 0.350 e. The van der Waals surface area contributed by atoms with Crippen LogP contribution in [0.15, 0.2) is 40.5 Å². The molecule has 23 heavy (non-hydrogen) atoms. The SMILES string of the molecule is C=N/C=C\OCCSc1c(CCC)cccc1N(N)C(=O)NN. The Bertz CT molecular complexity index is 551. The molecule has 1 aromatic carbocycles. The number of urea groups is 1. The molecule has 0 aliphatic carbocycles. The van der Waals surface area contributed by atoms with Crippen molar-refractivity contribution < 1.29 is 9.53 Å². The number of nitrogens with one attached hydrogen (secondary N) is 1. The van der Waals surface area contributed by atoms with E-state index in [-0.39, 0.29) is 0 Å². The Morgan fingerprint density at radius 2 is 2.35 bits per heavy atom. The van der Waals surface area contributed by atoms with E-state index >= 15 is 0 Å². The molecule has 7 nitrogen and oxygen atoms in total. The molecule has 0 fully saturated rings. The summed E-state index contributed by atoms with van der Waals surface area (Å²) in [4.78, 5) is 16.2. The molecular formula is C15H23N5O2S. The van der Waals surface area contributed by atoms with Gasteiger partial charge < -0.3 is 4.74 Å². The number of ether oxygens (including phenoxy) is 1. The average Bonchev–Trinajstić information content (AvgIpc) is 2.57. The molecule has 0 saturated heterocycles. The van der Waals surface area contributed by atoms with Crippen molar-refractivity contribution >= 4 is 30.2 Å². The van der Waals surface area contributed by atoms with E-state index in [0.29, 0.717) is 18.0 Å². The number of rotatable bonds is 9. The summed E-state index contributed by atoms with van der Waals surface area (Å²) in [7, 11) is 0. The number of hydrazine groups is 2. The van der Waals surface area contributed by atoms with Gasteiger partial charge in [-0.3, -0.25) is 10.4 Å². The molecule has 0 saturated carbocycles. The third-order valence-electron chi connectivity index (χ3n) is 2.91. The van der Waals surface area contributed by atoms with E-state index in [0.717, 1.165) is 28.3 Å². The van der Waals surface area contributed by atoms with Crippen LogP contribution in [0.25, 0.3) is 0 Å². The van der Waals surface area contributed by atoms with E-state index < -0.39 is 6.03 Å². The summed E-state index contributed by atoms with van der Waals surface area (Å²) in [6.45, 7) is 5.93. The van der Waals surface area contributed by atoms with Crippen LogP contribution in [-0.2, 0) is 11.2 Å². The Balaban J connectivity index is 2.88. The van der Waals surface area contributed by atoms with Crippen LogP contribution in [0.5, 0.6) is 0 Å². The molecule has 1 aromatic rings. The lowest BCUT2D eigenvalue weighted by molar-refractivity contribution is 0.246. The number of aliphatic imine (C=N–C) groups is 1. The second-order valence-corrected chi connectivity index (χ2v) is 5.63. The molecule has 8 heteroatoms. The molecule has 2 amide bonds. The minimum absolute atomic E-state index is 0.504. The van der Waals surface area contributed by atoms with Gasteiger partial charge in [-0.15, -0.1) is 11.8 Å². The van der Waals surface area contributed by atoms with Gasteiger partial charge in [-0.2, -0.15) is 0 Å². The van der Waals surface area contributed by atoms with Gasteiger partial charge in [0.15, 0.2) is 0 Å². The van der Waals surface area contributed by atoms with E-state index in [1.165, 1.54) is 12.5 Å². The van der Waals surface area contributed by atoms with Gasteiger partial charge in [-0.1, -0.05) is 25.5 Å². The molecule has 0 aliphatic rings. The maximum atomic E-state index is 11.7. The fourth-order valence-corrected chi connectivity index (χ4v) is 2.97. The number of anilines is 1. The molecule has 0 heterocycles. The summed E-state index contributed by atoms with van der Waals surface area (Å²) >= 11 is 1.58. The first-order valence-corrected chi connectivity index (χ1v) is 8.16. The van der Waals surface area contributed by atoms with Crippen LogP contribution in [0.1, 0.15) is 18.9 Å². The second kappa shape index (κ2) is 10.7. The lowest BCUT2D eigenvalue weighted by atomic mass is 10.1. The number of amides is 2. The summed E-state index contributed by atoms with van der Waals surface area (Å²) in [5.74, 6) is 11.7. The highest BCUT2D eigenvalue weighted by atomic mass is 32.2. The Hall–Kier alpha value is -2.03. The minimum atomic E-state index is -0.572. The molecule has 0 atom stereocenters. The van der Waals surface area contributed by atoms with Gasteiger partial charge in [0.05, 0.1) is 18.5 Å². The summed E-state index contributed by atoms with van der Waals surface area (Å²) in [5, 5.41) is 1.02. The third-order valence-corrected chi connectivity index (χ3v) is 4.04. The van der Waals surface area contributed by atoms with Crippen LogP contribution in [-0.4, -0.2) is 25.1 Å². The van der Waals surface area contributed by atoms with Crippen LogP contribution in [0.3, 0.4) is 0 Å². The normalized spacial score (nSPS) is 10.6. The number of carbonyl (C=O) groups is 1. The fourth-order valence-electron chi connectivity index (χ4n) is 1.92. The molecule has 0 aromatic heterocycles. The largest absolute Gasteiger partial charge is 0.499 e. The predicted molar refractivity (Wildman–Crippen MR) is 95.2 cm³/mol. The first kappa shape index (κ1) is 19.0. The average molecular weight is 337 g/mol. The van der Waals surface area contributed by atoms with Gasteiger partial charge in [-0.05, 0) is 24.8 Å². The van der Waals surface area contributed by atoms with Crippen molar-refractivity contribution in [2.45, 2.75) is 24.7 Å². The number of thioether (sulfide) groups is 1. The number of benzene rings is 1. The maximum absolute atomic E-state index is 11.7. The van der Waals surface area contributed by atoms with Crippen molar-refractivity contribution in [2.24, 2.45) is 16.7 Å². The topological polar surface area (TPSA) is 106 Å². The number of aryl methyl sites for hydroxylation is 1. The number of nitrogens with zero attached hydrogens (tertiary/aromatic N) is 2. The molecule has 0 bridgehead atoms. The monoisotopic (exact) mass is 337 g/mol. The first-order valence-electron chi connectivity index (χ1n) is 7.18. The summed E-state index contributed by atoms with van der Waals surface area (Å²) < 4.78 is 5.29. The second-order valence-electron chi connectivity index (χ2n) is 4.52. The highest BCUT2D eigenvalue weighted by Gasteiger charge is 2.17. The molecule has 5 N–H and O–H groups in total. The number of hydrogen-bond donors (Lipinski definition) is 3. The summed E-state index contributed by atoms with van der Waals surface area (Å²) in [6, 6.07) is 5.13. The number of hydrogen-bond acceptors (Lipinski definition) is 6. The van der Waals surface area contributed by atoms with Gasteiger partial charge in [-0.25, -0.2) is 21.5 Å². The van der Waals surface area contributed by atoms with Gasteiger partial charge >= 0.3 is 6.03 Å². The summed E-state index contributed by atoms with van der Waals surface area (Å²) in [6.07, 6.45) is 4.86. The standard InChI is InChI=1S/C15H23N5O2S/c1-3-5-12-6-4-7-13(20(17)15(21)19-16)14(12)23-11-10-22-9-8-18-2/h4,6-9H,2-3,5,10-11,16-17H2,1H3,(H,19,21)/b9-8-. The first-order chi connectivity index (χ1) is 11.2. The van der Waals surface area contributed by atoms with Gasteiger partial charge in [0.2, 0.25) is 0 Å². The van der Waals surface area contributed by atoms with Crippen LogP contribution in [0.4, 0.5) is 10.5 Å². The quantitative estimate of drug-likeness (QED) is 0.122. The zero-order chi connectivity index (χ0) is 17.1. The van der Waals surface area contributed by atoms with Crippen molar-refractivity contribution in [1.82, 2.24) is 5.43 Å². The Morgan fingerprint density at radius 3 is 3.00 bits per heavy atom. The molecule has 126 valence electrons. The molecule has 0 unspecified atom stereocenters. The lowest BCUT2D eigenvalue weighted by Crippen LogP contribution is -2.47. The van der Waals surface area contributed by atoms with Crippen LogP contribution in [0.2, 0.25) is 0 Å². The Morgan fingerprint density at radius 1 is 1.57 bits per heavy atom. The molecule has 0 aliphatic heterocycles. The van der Waals surface area contributed by atoms with Crippen molar-refractivity contribution in [3.05, 3.63) is 36.2 Å². The van der Waals surface area contributed by atoms with E-state index in [1.54, 1.807) is 17.8 Å². The van der Waals surface area contributed by atoms with Crippen LogP contribution >= 0.6 is 11.8 Å². The van der Waals surface area contributed by atoms with Crippen LogP contribution < -0.4 is 22.1 Å². The smallest absolute Gasteiger partial charge is 0.350 e. The zero-order valence-corrected chi connectivity index (χ0v) is 14.0. The highest BCUT2D eigenvalue weighted by Crippen LogP contribution is 2.33. The van der Waals surface area contributed by atoms with Crippen LogP contribution in [0, 0.1) is 0 Å². The van der Waals surface area contributed by atoms with E-state index in [2.05, 4.69) is 18.6 Å². The zero-order valence-electron chi connectivity index (χ0n) is 13.2. The van der Waals surface area contributed by atoms with Crippen molar-refractivity contribution in [3.8, 4) is 0 Å². The van der Waals surface area contributed by atoms with Crippen molar-refractivity contribution in [2.75, 3.05) is 17.4 Å². The van der Waals surface area contributed by atoms with Crippen molar-refractivity contribution in [3.63, 3.8) is 0 Å². The lowest BCUT2D eigenvalue weighted by Gasteiger charge is -2.21. The van der Waals surface area contributed by atoms with Gasteiger partial charge in [0.1, 0.15) is 6.26 Å². The Labute approximate surface area is 140 Å². The van der Waals surface area contributed by atoms with E-state index in [4.69, 9.17) is 16.4 Å².